The number of fused-ring (bicyclic) bond motifs is 1. The summed E-state index contributed by atoms with van der Waals surface area (Å²) in [5.74, 6) is 0.249. The second-order valence-corrected chi connectivity index (χ2v) is 5.68. The Labute approximate surface area is 149 Å². The van der Waals surface area contributed by atoms with Gasteiger partial charge < -0.3 is 19.5 Å². The summed E-state index contributed by atoms with van der Waals surface area (Å²) >= 11 is 6.09. The van der Waals surface area contributed by atoms with Crippen LogP contribution in [-0.4, -0.2) is 31.2 Å². The number of hydrogen-bond acceptors (Lipinski definition) is 5. The first-order valence-corrected chi connectivity index (χ1v) is 8.12. The molecular weight excluding hydrogens is 346 g/mol. The summed E-state index contributed by atoms with van der Waals surface area (Å²) in [4.78, 5) is 24.1. The molecule has 1 N–H and O–H groups in total. The summed E-state index contributed by atoms with van der Waals surface area (Å²) in [6, 6.07) is 11.7. The quantitative estimate of drug-likeness (QED) is 0.846. The average Bonchev–Trinajstić information content (AvgIpc) is 2.61. The lowest BCUT2D eigenvalue weighted by molar-refractivity contribution is -0.125. The first kappa shape index (κ1) is 17.1. The zero-order valence-corrected chi connectivity index (χ0v) is 14.2. The number of ether oxygens (including phenoxy) is 3. The largest absolute Gasteiger partial charge is 0.485 e. The van der Waals surface area contributed by atoms with E-state index in [9.17, 15) is 9.59 Å². The van der Waals surface area contributed by atoms with E-state index >= 15 is 0 Å². The third kappa shape index (κ3) is 3.85. The molecule has 0 spiro atoms. The van der Waals surface area contributed by atoms with E-state index in [0.717, 1.165) is 0 Å². The fourth-order valence-corrected chi connectivity index (χ4v) is 2.60. The SMILES string of the molecule is CCOC(=O)c1ccc(NC(=O)[C@H]2COc3ccccc3O2)cc1Cl. The molecule has 2 aromatic rings. The average molecular weight is 362 g/mol. The van der Waals surface area contributed by atoms with E-state index in [0.29, 0.717) is 17.2 Å². The number of nitrogens with one attached hydrogen (secondary N) is 1. The van der Waals surface area contributed by atoms with Crippen LogP contribution < -0.4 is 14.8 Å². The Morgan fingerprint density at radius 2 is 2.00 bits per heavy atom. The molecule has 130 valence electrons. The van der Waals surface area contributed by atoms with Gasteiger partial charge in [-0.15, -0.1) is 0 Å². The number of anilines is 1. The van der Waals surface area contributed by atoms with Crippen LogP contribution in [0.5, 0.6) is 11.5 Å². The zero-order valence-electron chi connectivity index (χ0n) is 13.5. The highest BCUT2D eigenvalue weighted by Gasteiger charge is 2.27. The molecule has 0 aromatic heterocycles. The Hall–Kier alpha value is -2.73. The number of amides is 1. The smallest absolute Gasteiger partial charge is 0.339 e. The van der Waals surface area contributed by atoms with E-state index in [1.807, 2.05) is 6.07 Å². The molecule has 0 radical (unpaired) electrons. The van der Waals surface area contributed by atoms with Crippen molar-refractivity contribution in [2.75, 3.05) is 18.5 Å². The number of halogens is 1. The standard InChI is InChI=1S/C18H16ClNO5/c1-2-23-18(22)12-8-7-11(9-13(12)19)20-17(21)16-10-24-14-5-3-4-6-15(14)25-16/h3-9,16H,2,10H2,1H3,(H,20,21)/t16-/m1/s1. The number of hydrogen-bond donors (Lipinski definition) is 1. The van der Waals surface area contributed by atoms with Crippen molar-refractivity contribution in [2.24, 2.45) is 0 Å². The highest BCUT2D eigenvalue weighted by molar-refractivity contribution is 6.34. The van der Waals surface area contributed by atoms with Crippen molar-refractivity contribution in [3.05, 3.63) is 53.1 Å². The number of esters is 1. The Morgan fingerprint density at radius 1 is 1.24 bits per heavy atom. The lowest BCUT2D eigenvalue weighted by Gasteiger charge is -2.25. The van der Waals surface area contributed by atoms with Crippen LogP contribution in [-0.2, 0) is 9.53 Å². The molecule has 1 aliphatic heterocycles. The molecule has 1 aliphatic rings. The number of carbonyl (C=O) groups excluding carboxylic acids is 2. The molecule has 2 aromatic carbocycles. The molecule has 7 heteroatoms. The van der Waals surface area contributed by atoms with Gasteiger partial charge in [-0.2, -0.15) is 0 Å². The van der Waals surface area contributed by atoms with Crippen molar-refractivity contribution in [3.8, 4) is 11.5 Å². The minimum absolute atomic E-state index is 0.109. The van der Waals surface area contributed by atoms with Crippen molar-refractivity contribution in [1.82, 2.24) is 0 Å². The first-order valence-electron chi connectivity index (χ1n) is 7.74. The van der Waals surface area contributed by atoms with Gasteiger partial charge in [0, 0.05) is 5.69 Å². The van der Waals surface area contributed by atoms with Gasteiger partial charge >= 0.3 is 5.97 Å². The number of para-hydroxylation sites is 2. The summed E-state index contributed by atoms with van der Waals surface area (Å²) in [6.45, 7) is 2.08. The summed E-state index contributed by atoms with van der Waals surface area (Å²) in [6.07, 6.45) is -0.779. The van der Waals surface area contributed by atoms with Crippen molar-refractivity contribution in [2.45, 2.75) is 13.0 Å². The highest BCUT2D eigenvalue weighted by atomic mass is 35.5. The van der Waals surface area contributed by atoms with E-state index in [4.69, 9.17) is 25.8 Å². The Morgan fingerprint density at radius 3 is 2.72 bits per heavy atom. The first-order chi connectivity index (χ1) is 12.1. The Balaban J connectivity index is 1.67. The normalized spacial score (nSPS) is 15.4. The third-order valence-corrected chi connectivity index (χ3v) is 3.85. The van der Waals surface area contributed by atoms with E-state index in [1.54, 1.807) is 31.2 Å². The Kier molecular flexibility index (Phi) is 5.09. The zero-order chi connectivity index (χ0) is 17.8. The molecule has 0 saturated carbocycles. The summed E-state index contributed by atoms with van der Waals surface area (Å²) in [7, 11) is 0. The van der Waals surface area contributed by atoms with Crippen LogP contribution in [0.4, 0.5) is 5.69 Å². The molecule has 25 heavy (non-hydrogen) atoms. The monoisotopic (exact) mass is 361 g/mol. The molecule has 0 unspecified atom stereocenters. The molecule has 1 atom stereocenters. The molecule has 1 amide bonds. The number of benzene rings is 2. The number of rotatable bonds is 4. The van der Waals surface area contributed by atoms with Crippen LogP contribution in [0.1, 0.15) is 17.3 Å². The van der Waals surface area contributed by atoms with Crippen LogP contribution in [0, 0.1) is 0 Å². The summed E-state index contributed by atoms with van der Waals surface area (Å²) in [5.41, 5.74) is 0.693. The van der Waals surface area contributed by atoms with Crippen LogP contribution >= 0.6 is 11.6 Å². The maximum absolute atomic E-state index is 12.4. The maximum atomic E-state index is 12.4. The second-order valence-electron chi connectivity index (χ2n) is 5.27. The molecule has 0 bridgehead atoms. The van der Waals surface area contributed by atoms with Gasteiger partial charge in [-0.3, -0.25) is 4.79 Å². The van der Waals surface area contributed by atoms with Gasteiger partial charge in [-0.25, -0.2) is 4.79 Å². The van der Waals surface area contributed by atoms with Gasteiger partial charge in [0.15, 0.2) is 11.5 Å². The van der Waals surface area contributed by atoms with E-state index in [-0.39, 0.29) is 29.7 Å². The van der Waals surface area contributed by atoms with Crippen molar-refractivity contribution < 1.29 is 23.8 Å². The maximum Gasteiger partial charge on any atom is 0.339 e. The summed E-state index contributed by atoms with van der Waals surface area (Å²) in [5, 5.41) is 2.90. The summed E-state index contributed by atoms with van der Waals surface area (Å²) < 4.78 is 16.1. The Bertz CT molecular complexity index is 808. The van der Waals surface area contributed by atoms with E-state index in [1.165, 1.54) is 12.1 Å². The molecule has 0 fully saturated rings. The van der Waals surface area contributed by atoms with E-state index in [2.05, 4.69) is 5.32 Å². The van der Waals surface area contributed by atoms with Crippen molar-refractivity contribution in [3.63, 3.8) is 0 Å². The van der Waals surface area contributed by atoms with Crippen LogP contribution in [0.3, 0.4) is 0 Å². The molecule has 1 heterocycles. The second kappa shape index (κ2) is 7.44. The van der Waals surface area contributed by atoms with E-state index < -0.39 is 12.1 Å². The minimum Gasteiger partial charge on any atom is -0.485 e. The van der Waals surface area contributed by atoms with Crippen molar-refractivity contribution >= 4 is 29.2 Å². The highest BCUT2D eigenvalue weighted by Crippen LogP contribution is 2.31. The lowest BCUT2D eigenvalue weighted by Crippen LogP contribution is -2.40. The third-order valence-electron chi connectivity index (χ3n) is 3.53. The molecule has 0 aliphatic carbocycles. The van der Waals surface area contributed by atoms with Crippen LogP contribution in [0.2, 0.25) is 5.02 Å². The molecule has 6 nitrogen and oxygen atoms in total. The van der Waals surface area contributed by atoms with Crippen molar-refractivity contribution in [1.29, 1.82) is 0 Å². The number of carbonyl (C=O) groups is 2. The molecular formula is C18H16ClNO5. The van der Waals surface area contributed by atoms with Gasteiger partial charge in [-0.1, -0.05) is 23.7 Å². The molecule has 3 rings (SSSR count). The topological polar surface area (TPSA) is 73.9 Å². The van der Waals surface area contributed by atoms with Gasteiger partial charge in [0.2, 0.25) is 6.10 Å². The fraction of sp³-hybridized carbons (Fsp3) is 0.222. The molecule has 0 saturated heterocycles. The van der Waals surface area contributed by atoms with Gasteiger partial charge in [-0.05, 0) is 37.3 Å². The van der Waals surface area contributed by atoms with Gasteiger partial charge in [0.05, 0.1) is 17.2 Å². The predicted octanol–water partition coefficient (Wildman–Crippen LogP) is 3.30. The lowest BCUT2D eigenvalue weighted by atomic mass is 10.2. The minimum atomic E-state index is -0.779. The van der Waals surface area contributed by atoms with Crippen LogP contribution in [0.15, 0.2) is 42.5 Å². The predicted molar refractivity (Wildman–Crippen MR) is 92.4 cm³/mol. The van der Waals surface area contributed by atoms with Gasteiger partial charge in [0.25, 0.3) is 5.91 Å². The van der Waals surface area contributed by atoms with Gasteiger partial charge in [0.1, 0.15) is 6.61 Å². The fourth-order valence-electron chi connectivity index (χ4n) is 2.34. The van der Waals surface area contributed by atoms with Crippen LogP contribution in [0.25, 0.3) is 0 Å².